The first-order valence-electron chi connectivity index (χ1n) is 10.1. The average Bonchev–Trinajstić information content (AvgIpc) is 3.09. The Morgan fingerprint density at radius 3 is 2.51 bits per heavy atom. The maximum Gasteiger partial charge on any atom is 0.344 e. The quantitative estimate of drug-likeness (QED) is 0.219. The molecule has 1 fully saturated rings. The van der Waals surface area contributed by atoms with E-state index in [0.717, 1.165) is 16.8 Å². The van der Waals surface area contributed by atoms with Crippen molar-refractivity contribution in [1.82, 2.24) is 10.4 Å². The number of hydrazine groups is 1. The van der Waals surface area contributed by atoms with E-state index < -0.39 is 28.8 Å². The molecule has 35 heavy (non-hydrogen) atoms. The first-order valence-corrected chi connectivity index (χ1v) is 11.3. The van der Waals surface area contributed by atoms with Crippen LogP contribution in [0.15, 0.2) is 47.4 Å². The molecule has 0 aliphatic carbocycles. The molecular formula is C22H19N3O8S2. The predicted molar refractivity (Wildman–Crippen MR) is 131 cm³/mol. The highest BCUT2D eigenvalue weighted by Crippen LogP contribution is 2.34. The summed E-state index contributed by atoms with van der Waals surface area (Å²) in [6, 6.07) is 9.63. The third-order valence-electron chi connectivity index (χ3n) is 4.75. The van der Waals surface area contributed by atoms with Crippen LogP contribution in [0.3, 0.4) is 0 Å². The fourth-order valence-electron chi connectivity index (χ4n) is 2.95. The van der Waals surface area contributed by atoms with Crippen molar-refractivity contribution in [1.29, 1.82) is 0 Å². The summed E-state index contributed by atoms with van der Waals surface area (Å²) in [5, 5.41) is 20.9. The lowest BCUT2D eigenvalue weighted by atomic mass is 10.1. The second-order valence-corrected chi connectivity index (χ2v) is 8.70. The molecule has 13 heteroatoms. The Kier molecular flexibility index (Phi) is 8.04. The number of amides is 2. The number of methoxy groups -OCH3 is 1. The Labute approximate surface area is 208 Å². The van der Waals surface area contributed by atoms with Gasteiger partial charge in [-0.25, -0.2) is 4.79 Å². The van der Waals surface area contributed by atoms with Crippen LogP contribution in [0.1, 0.15) is 29.3 Å². The van der Waals surface area contributed by atoms with E-state index in [4.69, 9.17) is 21.7 Å². The Morgan fingerprint density at radius 2 is 1.94 bits per heavy atom. The number of aliphatic carboxylic acids is 1. The van der Waals surface area contributed by atoms with E-state index >= 15 is 0 Å². The van der Waals surface area contributed by atoms with Crippen LogP contribution in [-0.2, 0) is 9.59 Å². The highest BCUT2D eigenvalue weighted by molar-refractivity contribution is 8.26. The second kappa shape index (κ2) is 11.0. The van der Waals surface area contributed by atoms with Gasteiger partial charge in [-0.15, -0.1) is 0 Å². The Morgan fingerprint density at radius 1 is 1.26 bits per heavy atom. The molecular weight excluding hydrogens is 498 g/mol. The van der Waals surface area contributed by atoms with Gasteiger partial charge in [-0.1, -0.05) is 24.8 Å². The van der Waals surface area contributed by atoms with Crippen LogP contribution in [0.2, 0.25) is 0 Å². The number of benzene rings is 2. The summed E-state index contributed by atoms with van der Waals surface area (Å²) < 4.78 is 10.9. The minimum Gasteiger partial charge on any atom is -0.493 e. The molecule has 0 bridgehead atoms. The lowest BCUT2D eigenvalue weighted by molar-refractivity contribution is -0.384. The number of thioether (sulfide) groups is 1. The average molecular weight is 518 g/mol. The minimum absolute atomic E-state index is 0.0932. The molecule has 0 aromatic heterocycles. The first-order chi connectivity index (χ1) is 16.6. The molecule has 2 amide bonds. The molecule has 182 valence electrons. The summed E-state index contributed by atoms with van der Waals surface area (Å²) in [4.78, 5) is 47.0. The van der Waals surface area contributed by atoms with Crippen molar-refractivity contribution in [3.05, 3.63) is 68.6 Å². The SMILES string of the molecule is CCC(Oc1ccc(/C=C2/SC(=S)N(NC(=O)c3ccc([N+](=O)[O-])cc3)C2=O)cc1OC)C(=O)O. The van der Waals surface area contributed by atoms with Gasteiger partial charge in [0.1, 0.15) is 0 Å². The number of thiocarbonyl (C=S) groups is 1. The molecule has 2 aromatic carbocycles. The van der Waals surface area contributed by atoms with Crippen LogP contribution in [0.5, 0.6) is 11.5 Å². The first kappa shape index (κ1) is 25.6. The fourth-order valence-corrected chi connectivity index (χ4v) is 4.13. The molecule has 1 heterocycles. The highest BCUT2D eigenvalue weighted by Gasteiger charge is 2.34. The standard InChI is InChI=1S/C22H19N3O8S2/c1-3-15(21(28)29)33-16-9-4-12(10-17(16)32-2)11-18-20(27)24(22(34)35-18)23-19(26)13-5-7-14(8-6-13)25(30)31/h4-11,15H,3H2,1-2H3,(H,23,26)(H,28,29)/b18-11+. The number of carboxylic acid groups (broad SMARTS) is 1. The number of ether oxygens (including phenoxy) is 2. The van der Waals surface area contributed by atoms with E-state index in [0.29, 0.717) is 5.56 Å². The van der Waals surface area contributed by atoms with Crippen molar-refractivity contribution in [2.75, 3.05) is 7.11 Å². The van der Waals surface area contributed by atoms with E-state index in [9.17, 15) is 29.6 Å². The predicted octanol–water partition coefficient (Wildman–Crippen LogP) is 3.39. The Balaban J connectivity index is 1.76. The molecule has 2 N–H and O–H groups in total. The highest BCUT2D eigenvalue weighted by atomic mass is 32.2. The van der Waals surface area contributed by atoms with E-state index in [1.165, 1.54) is 43.5 Å². The number of nitro groups is 1. The third kappa shape index (κ3) is 5.94. The topological polar surface area (TPSA) is 148 Å². The molecule has 11 nitrogen and oxygen atoms in total. The molecule has 1 saturated heterocycles. The normalized spacial score (nSPS) is 15.1. The number of nitrogens with zero attached hydrogens (tertiary/aromatic N) is 2. The smallest absolute Gasteiger partial charge is 0.344 e. The number of rotatable bonds is 9. The van der Waals surface area contributed by atoms with E-state index in [-0.39, 0.29) is 38.4 Å². The van der Waals surface area contributed by atoms with E-state index in [1.54, 1.807) is 19.1 Å². The lowest BCUT2D eigenvalue weighted by Gasteiger charge is -2.16. The Bertz CT molecular complexity index is 1230. The summed E-state index contributed by atoms with van der Waals surface area (Å²) >= 11 is 6.18. The molecule has 1 atom stereocenters. The molecule has 2 aromatic rings. The van der Waals surface area contributed by atoms with E-state index in [1.807, 2.05) is 0 Å². The van der Waals surface area contributed by atoms with Crippen molar-refractivity contribution >= 4 is 57.8 Å². The molecule has 1 aliphatic heterocycles. The lowest BCUT2D eigenvalue weighted by Crippen LogP contribution is -2.44. The number of hydrogen-bond acceptors (Lipinski definition) is 9. The van der Waals surface area contributed by atoms with Crippen molar-refractivity contribution in [2.45, 2.75) is 19.4 Å². The molecule has 3 rings (SSSR count). The maximum absolute atomic E-state index is 12.8. The van der Waals surface area contributed by atoms with Gasteiger partial charge in [0.15, 0.2) is 21.9 Å². The summed E-state index contributed by atoms with van der Waals surface area (Å²) in [5.41, 5.74) is 2.90. The van der Waals surface area contributed by atoms with Gasteiger partial charge >= 0.3 is 5.97 Å². The monoisotopic (exact) mass is 517 g/mol. The van der Waals surface area contributed by atoms with Gasteiger partial charge in [0.25, 0.3) is 17.5 Å². The van der Waals surface area contributed by atoms with Gasteiger partial charge in [-0.2, -0.15) is 5.01 Å². The van der Waals surface area contributed by atoms with E-state index in [2.05, 4.69) is 5.43 Å². The summed E-state index contributed by atoms with van der Waals surface area (Å²) in [6.45, 7) is 1.68. The fraction of sp³-hybridized carbons (Fsp3) is 0.182. The number of carboxylic acids is 1. The summed E-state index contributed by atoms with van der Waals surface area (Å²) in [6.07, 6.45) is 0.761. The zero-order valence-corrected chi connectivity index (χ0v) is 20.1. The number of carbonyl (C=O) groups excluding carboxylic acids is 2. The van der Waals surface area contributed by atoms with Crippen molar-refractivity contribution in [3.63, 3.8) is 0 Å². The van der Waals surface area contributed by atoms with Gasteiger partial charge in [0, 0.05) is 17.7 Å². The number of hydrogen-bond donors (Lipinski definition) is 2. The minimum atomic E-state index is -1.10. The molecule has 0 spiro atoms. The molecule has 1 unspecified atom stereocenters. The van der Waals surface area contributed by atoms with Crippen LogP contribution >= 0.6 is 24.0 Å². The van der Waals surface area contributed by atoms with Crippen LogP contribution in [-0.4, -0.2) is 50.4 Å². The zero-order valence-electron chi connectivity index (χ0n) is 18.4. The van der Waals surface area contributed by atoms with Gasteiger partial charge in [0.05, 0.1) is 16.9 Å². The van der Waals surface area contributed by atoms with Gasteiger partial charge in [-0.05, 0) is 54.5 Å². The largest absolute Gasteiger partial charge is 0.493 e. The third-order valence-corrected chi connectivity index (χ3v) is 6.05. The maximum atomic E-state index is 12.8. The Hall–Kier alpha value is -3.97. The molecule has 0 saturated carbocycles. The number of nitrogens with one attached hydrogen (secondary N) is 1. The summed E-state index contributed by atoms with van der Waals surface area (Å²) in [7, 11) is 1.40. The summed E-state index contributed by atoms with van der Waals surface area (Å²) in [5.74, 6) is -1.81. The molecule has 0 radical (unpaired) electrons. The van der Waals surface area contributed by atoms with Gasteiger partial charge in [0.2, 0.25) is 0 Å². The van der Waals surface area contributed by atoms with Gasteiger partial charge in [-0.3, -0.25) is 25.1 Å². The number of carbonyl (C=O) groups is 3. The van der Waals surface area contributed by atoms with Crippen LogP contribution in [0.25, 0.3) is 6.08 Å². The van der Waals surface area contributed by atoms with Crippen molar-refractivity contribution in [2.24, 2.45) is 0 Å². The molecule has 1 aliphatic rings. The van der Waals surface area contributed by atoms with Crippen LogP contribution < -0.4 is 14.9 Å². The van der Waals surface area contributed by atoms with Crippen molar-refractivity contribution < 1.29 is 33.9 Å². The van der Waals surface area contributed by atoms with Crippen molar-refractivity contribution in [3.8, 4) is 11.5 Å². The second-order valence-electron chi connectivity index (χ2n) is 7.03. The van der Waals surface area contributed by atoms with Crippen LogP contribution in [0, 0.1) is 10.1 Å². The van der Waals surface area contributed by atoms with Gasteiger partial charge < -0.3 is 14.6 Å². The van der Waals surface area contributed by atoms with Crippen LogP contribution in [0.4, 0.5) is 5.69 Å². The number of non-ortho nitro benzene ring substituents is 1. The number of nitro benzene ring substituents is 1. The zero-order chi connectivity index (χ0) is 25.7.